The van der Waals surface area contributed by atoms with E-state index in [-0.39, 0.29) is 11.8 Å². The topological polar surface area (TPSA) is 87.2 Å². The van der Waals surface area contributed by atoms with Crippen LogP contribution < -0.4 is 15.5 Å². The number of amides is 2. The molecular weight excluding hydrogens is 374 g/mol. The van der Waals surface area contributed by atoms with Gasteiger partial charge in [0.05, 0.1) is 11.1 Å². The molecule has 0 atom stereocenters. The van der Waals surface area contributed by atoms with Crippen molar-refractivity contribution < 1.29 is 9.59 Å². The third-order valence-electron chi connectivity index (χ3n) is 3.12. The number of halogens is 1. The maximum absolute atomic E-state index is 12.3. The second kappa shape index (κ2) is 8.39. The number of carbonyl (C=O) groups is 2. The minimum absolute atomic E-state index is 0.226. The first-order valence-electron chi connectivity index (χ1n) is 7.28. The van der Waals surface area contributed by atoms with E-state index in [0.29, 0.717) is 30.0 Å². The van der Waals surface area contributed by atoms with Crippen LogP contribution in [0.25, 0.3) is 0 Å². The Morgan fingerprint density at radius 1 is 1.17 bits per heavy atom. The summed E-state index contributed by atoms with van der Waals surface area (Å²) in [6.45, 7) is 0.627. The zero-order valence-electron chi connectivity index (χ0n) is 13.4. The summed E-state index contributed by atoms with van der Waals surface area (Å²) in [5.74, 6) is 0.105. The maximum Gasteiger partial charge on any atom is 0.255 e. The van der Waals surface area contributed by atoms with Crippen molar-refractivity contribution in [1.29, 1.82) is 0 Å². The monoisotopic (exact) mass is 391 g/mol. The summed E-state index contributed by atoms with van der Waals surface area (Å²) in [6, 6.07) is 5.09. The number of nitrogens with zero attached hydrogens (tertiary/aromatic N) is 3. The van der Waals surface area contributed by atoms with Gasteiger partial charge in [0, 0.05) is 50.2 Å². The third kappa shape index (κ3) is 4.76. The number of hydrogen-bond donors (Lipinski definition) is 2. The van der Waals surface area contributed by atoms with Gasteiger partial charge in [0.25, 0.3) is 11.8 Å². The quantitative estimate of drug-likeness (QED) is 0.727. The summed E-state index contributed by atoms with van der Waals surface area (Å²) in [6.07, 6.45) is 4.73. The molecule has 2 heterocycles. The Morgan fingerprint density at radius 2 is 1.88 bits per heavy atom. The van der Waals surface area contributed by atoms with Crippen LogP contribution in [0.4, 0.5) is 5.82 Å². The van der Waals surface area contributed by atoms with Gasteiger partial charge in [-0.2, -0.15) is 0 Å². The lowest BCUT2D eigenvalue weighted by atomic mass is 10.2. The molecule has 24 heavy (non-hydrogen) atoms. The van der Waals surface area contributed by atoms with Crippen LogP contribution in [0.1, 0.15) is 20.7 Å². The van der Waals surface area contributed by atoms with Gasteiger partial charge in [0.1, 0.15) is 5.82 Å². The molecule has 126 valence electrons. The van der Waals surface area contributed by atoms with E-state index in [9.17, 15) is 9.59 Å². The van der Waals surface area contributed by atoms with Gasteiger partial charge in [-0.05, 0) is 34.1 Å². The standard InChI is InChI=1S/C16H18BrN5O2/c1-22(2)14-13(8-12(17)10-21-14)16(24)20-7-6-19-15(23)11-4-3-5-18-9-11/h3-5,8-10H,6-7H2,1-2H3,(H,19,23)(H,20,24). The minimum Gasteiger partial charge on any atom is -0.362 e. The summed E-state index contributed by atoms with van der Waals surface area (Å²) in [7, 11) is 3.64. The van der Waals surface area contributed by atoms with E-state index in [0.717, 1.165) is 4.47 Å². The predicted octanol–water partition coefficient (Wildman–Crippen LogP) is 1.46. The van der Waals surface area contributed by atoms with Crippen LogP contribution >= 0.6 is 15.9 Å². The fourth-order valence-electron chi connectivity index (χ4n) is 2.00. The molecule has 0 aliphatic rings. The SMILES string of the molecule is CN(C)c1ncc(Br)cc1C(=O)NCCNC(=O)c1cccnc1. The van der Waals surface area contributed by atoms with Crippen LogP contribution in [0.3, 0.4) is 0 Å². The van der Waals surface area contributed by atoms with Crippen molar-refractivity contribution >= 4 is 33.6 Å². The van der Waals surface area contributed by atoms with Gasteiger partial charge in [-0.1, -0.05) is 0 Å². The molecule has 0 fully saturated rings. The molecule has 2 rings (SSSR count). The van der Waals surface area contributed by atoms with Crippen molar-refractivity contribution in [3.63, 3.8) is 0 Å². The van der Waals surface area contributed by atoms with E-state index in [2.05, 4.69) is 36.5 Å². The molecule has 7 nitrogen and oxygen atoms in total. The fraction of sp³-hybridized carbons (Fsp3) is 0.250. The first kappa shape index (κ1) is 17.9. The Hall–Kier alpha value is -2.48. The molecule has 0 radical (unpaired) electrons. The summed E-state index contributed by atoms with van der Waals surface area (Å²) in [4.78, 5) is 34.1. The van der Waals surface area contributed by atoms with Gasteiger partial charge >= 0.3 is 0 Å². The number of aromatic nitrogens is 2. The second-order valence-electron chi connectivity index (χ2n) is 5.17. The van der Waals surface area contributed by atoms with Gasteiger partial charge in [0.15, 0.2) is 0 Å². The van der Waals surface area contributed by atoms with Crippen LogP contribution in [-0.2, 0) is 0 Å². The Labute approximate surface area is 148 Å². The van der Waals surface area contributed by atoms with Crippen molar-refractivity contribution in [1.82, 2.24) is 20.6 Å². The summed E-state index contributed by atoms with van der Waals surface area (Å²) >= 11 is 3.32. The van der Waals surface area contributed by atoms with E-state index in [1.54, 1.807) is 35.5 Å². The van der Waals surface area contributed by atoms with E-state index < -0.39 is 0 Å². The third-order valence-corrected chi connectivity index (χ3v) is 3.56. The zero-order valence-corrected chi connectivity index (χ0v) is 15.0. The van der Waals surface area contributed by atoms with Crippen LogP contribution in [-0.4, -0.2) is 49.0 Å². The number of carbonyl (C=O) groups excluding carboxylic acids is 2. The van der Waals surface area contributed by atoms with Gasteiger partial charge in [-0.25, -0.2) is 4.98 Å². The van der Waals surface area contributed by atoms with E-state index >= 15 is 0 Å². The molecule has 2 N–H and O–H groups in total. The number of rotatable bonds is 6. The Morgan fingerprint density at radius 3 is 2.50 bits per heavy atom. The highest BCUT2D eigenvalue weighted by atomic mass is 79.9. The van der Waals surface area contributed by atoms with Gasteiger partial charge in [-0.15, -0.1) is 0 Å². The zero-order chi connectivity index (χ0) is 17.5. The van der Waals surface area contributed by atoms with E-state index in [1.165, 1.54) is 6.20 Å². The smallest absolute Gasteiger partial charge is 0.255 e. The lowest BCUT2D eigenvalue weighted by Crippen LogP contribution is -2.35. The molecule has 0 saturated heterocycles. The minimum atomic E-state index is -0.247. The first-order valence-corrected chi connectivity index (χ1v) is 8.07. The average Bonchev–Trinajstić information content (AvgIpc) is 2.58. The van der Waals surface area contributed by atoms with Crippen LogP contribution in [0.5, 0.6) is 0 Å². The van der Waals surface area contributed by atoms with Crippen molar-refractivity contribution in [3.05, 3.63) is 52.4 Å². The van der Waals surface area contributed by atoms with Crippen molar-refractivity contribution in [2.75, 3.05) is 32.1 Å². The lowest BCUT2D eigenvalue weighted by molar-refractivity contribution is 0.0927. The van der Waals surface area contributed by atoms with E-state index in [1.807, 2.05) is 14.1 Å². The highest BCUT2D eigenvalue weighted by Gasteiger charge is 2.14. The molecule has 0 unspecified atom stereocenters. The second-order valence-corrected chi connectivity index (χ2v) is 6.09. The van der Waals surface area contributed by atoms with Crippen molar-refractivity contribution in [2.45, 2.75) is 0 Å². The van der Waals surface area contributed by atoms with Crippen LogP contribution in [0.2, 0.25) is 0 Å². The van der Waals surface area contributed by atoms with Gasteiger partial charge in [0.2, 0.25) is 0 Å². The molecule has 0 aromatic carbocycles. The molecule has 0 aliphatic heterocycles. The van der Waals surface area contributed by atoms with Gasteiger partial charge < -0.3 is 15.5 Å². The molecule has 8 heteroatoms. The lowest BCUT2D eigenvalue weighted by Gasteiger charge is -2.16. The molecule has 2 amide bonds. The predicted molar refractivity (Wildman–Crippen MR) is 95.2 cm³/mol. The van der Waals surface area contributed by atoms with E-state index in [4.69, 9.17) is 0 Å². The van der Waals surface area contributed by atoms with Crippen molar-refractivity contribution in [2.24, 2.45) is 0 Å². The largest absolute Gasteiger partial charge is 0.362 e. The molecule has 0 saturated carbocycles. The molecule has 2 aromatic heterocycles. The average molecular weight is 392 g/mol. The fourth-order valence-corrected chi connectivity index (χ4v) is 2.33. The first-order chi connectivity index (χ1) is 11.5. The summed E-state index contributed by atoms with van der Waals surface area (Å²) in [5, 5.41) is 5.50. The number of anilines is 1. The Bertz CT molecular complexity index is 722. The highest BCUT2D eigenvalue weighted by Crippen LogP contribution is 2.19. The normalized spacial score (nSPS) is 10.1. The Kier molecular flexibility index (Phi) is 6.25. The van der Waals surface area contributed by atoms with Crippen LogP contribution in [0, 0.1) is 0 Å². The molecule has 0 bridgehead atoms. The van der Waals surface area contributed by atoms with Gasteiger partial charge in [-0.3, -0.25) is 14.6 Å². The van der Waals surface area contributed by atoms with Crippen molar-refractivity contribution in [3.8, 4) is 0 Å². The Balaban J connectivity index is 1.88. The number of pyridine rings is 2. The summed E-state index contributed by atoms with van der Waals surface area (Å²) in [5.41, 5.74) is 0.947. The molecule has 0 spiro atoms. The number of nitrogens with one attached hydrogen (secondary N) is 2. The van der Waals surface area contributed by atoms with Crippen LogP contribution in [0.15, 0.2) is 41.3 Å². The maximum atomic E-state index is 12.3. The highest BCUT2D eigenvalue weighted by molar-refractivity contribution is 9.10. The molecule has 0 aliphatic carbocycles. The number of hydrogen-bond acceptors (Lipinski definition) is 5. The molecule has 2 aromatic rings. The molecular formula is C16H18BrN5O2. The summed E-state index contributed by atoms with van der Waals surface area (Å²) < 4.78 is 0.725.